The van der Waals surface area contributed by atoms with E-state index < -0.39 is 0 Å². The van der Waals surface area contributed by atoms with Crippen molar-refractivity contribution in [2.45, 2.75) is 13.3 Å². The molecule has 2 rings (SSSR count). The molecule has 0 aliphatic heterocycles. The van der Waals surface area contributed by atoms with Crippen molar-refractivity contribution in [2.24, 2.45) is 5.84 Å². The molecule has 0 radical (unpaired) electrons. The van der Waals surface area contributed by atoms with Crippen LogP contribution in [0.4, 0.5) is 17.3 Å². The largest absolute Gasteiger partial charge is 0.495 e. The molecule has 1 heterocycles. The van der Waals surface area contributed by atoms with Gasteiger partial charge in [-0.05, 0) is 12.1 Å². The average molecular weight is 284 g/mol. The Kier molecular flexibility index (Phi) is 4.53. The van der Waals surface area contributed by atoms with E-state index in [2.05, 4.69) is 26.8 Å². The first-order valence-electron chi connectivity index (χ1n) is 6.40. The summed E-state index contributed by atoms with van der Waals surface area (Å²) in [4.78, 5) is 8.60. The van der Waals surface area contributed by atoms with Crippen molar-refractivity contribution in [3.05, 3.63) is 35.7 Å². The van der Waals surface area contributed by atoms with Gasteiger partial charge in [-0.15, -0.1) is 0 Å². The third-order valence-electron chi connectivity index (χ3n) is 2.83. The molecule has 1 aromatic heterocycles. The van der Waals surface area contributed by atoms with E-state index in [4.69, 9.17) is 15.8 Å². The van der Waals surface area contributed by atoms with Gasteiger partial charge in [0.05, 0.1) is 24.4 Å². The number of aryl methyl sites for hydroxylation is 1. The van der Waals surface area contributed by atoms with Gasteiger partial charge in [0, 0.05) is 18.6 Å². The third-order valence-corrected chi connectivity index (χ3v) is 2.83. The summed E-state index contributed by atoms with van der Waals surface area (Å²) in [5.74, 6) is 7.75. The maximum absolute atomic E-state index is 8.91. The van der Waals surface area contributed by atoms with Gasteiger partial charge in [-0.1, -0.05) is 6.92 Å². The average Bonchev–Trinajstić information content (AvgIpc) is 2.54. The molecule has 108 valence electrons. The summed E-state index contributed by atoms with van der Waals surface area (Å²) in [6.45, 7) is 1.96. The van der Waals surface area contributed by atoms with Gasteiger partial charge in [0.2, 0.25) is 0 Å². The normalized spacial score (nSPS) is 9.81. The van der Waals surface area contributed by atoms with Crippen molar-refractivity contribution in [1.82, 2.24) is 9.97 Å². The maximum atomic E-state index is 8.91. The fraction of sp³-hybridized carbons (Fsp3) is 0.214. The Hall–Kier alpha value is -2.85. The zero-order chi connectivity index (χ0) is 15.2. The third kappa shape index (κ3) is 3.38. The lowest BCUT2D eigenvalue weighted by molar-refractivity contribution is 0.416. The summed E-state index contributed by atoms with van der Waals surface area (Å²) in [6.07, 6.45) is 0.689. The summed E-state index contributed by atoms with van der Waals surface area (Å²) < 4.78 is 5.28. The molecule has 0 saturated carbocycles. The van der Waals surface area contributed by atoms with Gasteiger partial charge >= 0.3 is 0 Å². The van der Waals surface area contributed by atoms with Crippen LogP contribution in [0.25, 0.3) is 0 Å². The van der Waals surface area contributed by atoms with Crippen LogP contribution in [0, 0.1) is 11.3 Å². The number of rotatable bonds is 5. The molecule has 2 aromatic rings. The molecule has 7 nitrogen and oxygen atoms in total. The van der Waals surface area contributed by atoms with Crippen LogP contribution in [0.1, 0.15) is 18.3 Å². The molecule has 0 saturated heterocycles. The van der Waals surface area contributed by atoms with Crippen molar-refractivity contribution in [3.63, 3.8) is 0 Å². The van der Waals surface area contributed by atoms with Gasteiger partial charge in [0.15, 0.2) is 0 Å². The Labute approximate surface area is 122 Å². The van der Waals surface area contributed by atoms with E-state index in [-0.39, 0.29) is 0 Å². The van der Waals surface area contributed by atoms with Crippen LogP contribution >= 0.6 is 0 Å². The summed E-state index contributed by atoms with van der Waals surface area (Å²) in [7, 11) is 1.55. The number of nitrogens with zero attached hydrogens (tertiary/aromatic N) is 3. The zero-order valence-corrected chi connectivity index (χ0v) is 11.8. The van der Waals surface area contributed by atoms with Crippen molar-refractivity contribution >= 4 is 17.3 Å². The first kappa shape index (κ1) is 14.6. The van der Waals surface area contributed by atoms with Crippen LogP contribution in [-0.2, 0) is 6.42 Å². The predicted molar refractivity (Wildman–Crippen MR) is 80.2 cm³/mol. The minimum Gasteiger partial charge on any atom is -0.495 e. The minimum absolute atomic E-state index is 0.525. The lowest BCUT2D eigenvalue weighted by atomic mass is 10.2. The van der Waals surface area contributed by atoms with Crippen LogP contribution in [0.2, 0.25) is 0 Å². The molecule has 7 heteroatoms. The number of ether oxygens (including phenoxy) is 1. The van der Waals surface area contributed by atoms with E-state index in [1.165, 1.54) is 0 Å². The van der Waals surface area contributed by atoms with Crippen LogP contribution in [0.3, 0.4) is 0 Å². The highest BCUT2D eigenvalue weighted by molar-refractivity contribution is 5.67. The molecule has 0 atom stereocenters. The van der Waals surface area contributed by atoms with Crippen molar-refractivity contribution in [3.8, 4) is 11.8 Å². The highest BCUT2D eigenvalue weighted by Crippen LogP contribution is 2.28. The van der Waals surface area contributed by atoms with E-state index in [9.17, 15) is 0 Å². The van der Waals surface area contributed by atoms with Crippen molar-refractivity contribution < 1.29 is 4.74 Å². The molecule has 0 bridgehead atoms. The molecule has 0 spiro atoms. The second kappa shape index (κ2) is 6.54. The standard InChI is InChI=1S/C14H16N6O/c1-3-12-18-13(7-14(19-12)20-16)17-10-5-4-9(8-15)6-11(10)21-2/h4-7H,3,16H2,1-2H3,(H2,17,18,19,20). The topological polar surface area (TPSA) is 109 Å². The Balaban J connectivity index is 2.35. The Morgan fingerprint density at radius 3 is 2.67 bits per heavy atom. The molecule has 21 heavy (non-hydrogen) atoms. The van der Waals surface area contributed by atoms with E-state index in [0.29, 0.717) is 40.9 Å². The quantitative estimate of drug-likeness (QED) is 0.568. The molecule has 0 aliphatic carbocycles. The van der Waals surface area contributed by atoms with Crippen LogP contribution in [-0.4, -0.2) is 17.1 Å². The lowest BCUT2D eigenvalue weighted by Crippen LogP contribution is -2.11. The van der Waals surface area contributed by atoms with Gasteiger partial charge in [0.25, 0.3) is 0 Å². The van der Waals surface area contributed by atoms with E-state index >= 15 is 0 Å². The molecule has 1 aromatic carbocycles. The second-order valence-electron chi connectivity index (χ2n) is 4.20. The first-order chi connectivity index (χ1) is 10.2. The fourth-order valence-electron chi connectivity index (χ4n) is 1.80. The zero-order valence-electron chi connectivity index (χ0n) is 11.8. The molecule has 4 N–H and O–H groups in total. The van der Waals surface area contributed by atoms with Gasteiger partial charge in [0.1, 0.15) is 23.2 Å². The Morgan fingerprint density at radius 2 is 2.05 bits per heavy atom. The number of nitrogens with one attached hydrogen (secondary N) is 2. The second-order valence-corrected chi connectivity index (χ2v) is 4.20. The fourth-order valence-corrected chi connectivity index (χ4v) is 1.80. The first-order valence-corrected chi connectivity index (χ1v) is 6.40. The SMILES string of the molecule is CCc1nc(NN)cc(Nc2ccc(C#N)cc2OC)n1. The molecule has 0 amide bonds. The van der Waals surface area contributed by atoms with Crippen LogP contribution in [0.5, 0.6) is 5.75 Å². The predicted octanol–water partition coefficient (Wildman–Crippen LogP) is 1.95. The van der Waals surface area contributed by atoms with Crippen molar-refractivity contribution in [1.29, 1.82) is 5.26 Å². The number of hydrogen-bond donors (Lipinski definition) is 3. The number of benzene rings is 1. The molecule has 0 unspecified atom stereocenters. The number of nitrogens with two attached hydrogens (primary N) is 1. The Morgan fingerprint density at radius 1 is 1.29 bits per heavy atom. The van der Waals surface area contributed by atoms with E-state index in [1.807, 2.05) is 6.92 Å². The number of methoxy groups -OCH3 is 1. The van der Waals surface area contributed by atoms with Gasteiger partial charge in [-0.3, -0.25) is 0 Å². The number of nitriles is 1. The minimum atomic E-state index is 0.525. The highest BCUT2D eigenvalue weighted by atomic mass is 16.5. The summed E-state index contributed by atoms with van der Waals surface area (Å²) in [5, 5.41) is 12.0. The Bertz CT molecular complexity index is 657. The van der Waals surface area contributed by atoms with Crippen LogP contribution in [0.15, 0.2) is 24.3 Å². The summed E-state index contributed by atoms with van der Waals surface area (Å²) in [6, 6.07) is 8.89. The van der Waals surface area contributed by atoms with Crippen molar-refractivity contribution in [2.75, 3.05) is 17.9 Å². The number of nitrogen functional groups attached to an aromatic ring is 1. The maximum Gasteiger partial charge on any atom is 0.145 e. The number of aromatic nitrogens is 2. The number of hydrogen-bond acceptors (Lipinski definition) is 7. The van der Waals surface area contributed by atoms with Gasteiger partial charge in [-0.25, -0.2) is 15.8 Å². The molecule has 0 fully saturated rings. The highest BCUT2D eigenvalue weighted by Gasteiger charge is 2.08. The van der Waals surface area contributed by atoms with Gasteiger partial charge in [-0.2, -0.15) is 5.26 Å². The monoisotopic (exact) mass is 284 g/mol. The van der Waals surface area contributed by atoms with Gasteiger partial charge < -0.3 is 15.5 Å². The van der Waals surface area contributed by atoms with E-state index in [0.717, 1.165) is 0 Å². The molecular formula is C14H16N6O. The molecular weight excluding hydrogens is 268 g/mol. The van der Waals surface area contributed by atoms with Crippen LogP contribution < -0.4 is 21.3 Å². The smallest absolute Gasteiger partial charge is 0.145 e. The number of anilines is 3. The summed E-state index contributed by atoms with van der Waals surface area (Å²) in [5.41, 5.74) is 3.74. The van der Waals surface area contributed by atoms with E-state index in [1.54, 1.807) is 31.4 Å². The lowest BCUT2D eigenvalue weighted by Gasteiger charge is -2.12. The summed E-state index contributed by atoms with van der Waals surface area (Å²) >= 11 is 0. The number of hydrazine groups is 1. The molecule has 0 aliphatic rings.